The molecule has 5 heteroatoms. The lowest BCUT2D eigenvalue weighted by Crippen LogP contribution is -2.38. The molecule has 0 saturated heterocycles. The monoisotopic (exact) mass is 224 g/mol. The summed E-state index contributed by atoms with van der Waals surface area (Å²) in [7, 11) is 0. The lowest BCUT2D eigenvalue weighted by Gasteiger charge is -2.19. The maximum atomic E-state index is 10.9. The van der Waals surface area contributed by atoms with Crippen LogP contribution in [0.4, 0.5) is 5.69 Å². The van der Waals surface area contributed by atoms with Crippen molar-refractivity contribution in [2.75, 3.05) is 12.3 Å². The highest BCUT2D eigenvalue weighted by Crippen LogP contribution is 2.22. The SMILES string of the molecule is CC(C)(N)COc1ccc(N)cc1C(=O)O. The lowest BCUT2D eigenvalue weighted by molar-refractivity contribution is 0.0691. The summed E-state index contributed by atoms with van der Waals surface area (Å²) in [6.45, 7) is 3.83. The minimum absolute atomic E-state index is 0.0456. The maximum Gasteiger partial charge on any atom is 0.339 e. The Labute approximate surface area is 94.0 Å². The van der Waals surface area contributed by atoms with Crippen LogP contribution in [-0.2, 0) is 0 Å². The summed E-state index contributed by atoms with van der Waals surface area (Å²) in [5, 5.41) is 8.95. The Morgan fingerprint density at radius 2 is 2.12 bits per heavy atom. The molecule has 0 aliphatic heterocycles. The van der Waals surface area contributed by atoms with Crippen LogP contribution >= 0.6 is 0 Å². The molecule has 1 aromatic carbocycles. The standard InChI is InChI=1S/C11H16N2O3/c1-11(2,13)6-16-9-4-3-7(12)5-8(9)10(14)15/h3-5H,6,12-13H2,1-2H3,(H,14,15). The summed E-state index contributed by atoms with van der Waals surface area (Å²) in [5.74, 6) is -0.794. The molecule has 88 valence electrons. The third-order valence-corrected chi connectivity index (χ3v) is 1.83. The maximum absolute atomic E-state index is 10.9. The zero-order chi connectivity index (χ0) is 12.3. The van der Waals surface area contributed by atoms with Crippen LogP contribution in [0, 0.1) is 0 Å². The Kier molecular flexibility index (Phi) is 3.39. The number of anilines is 1. The van der Waals surface area contributed by atoms with E-state index in [0.717, 1.165) is 0 Å². The second-order valence-corrected chi connectivity index (χ2v) is 4.34. The number of nitrogens with two attached hydrogens (primary N) is 2. The molecule has 0 spiro atoms. The molecule has 5 N–H and O–H groups in total. The molecular weight excluding hydrogens is 208 g/mol. The van der Waals surface area contributed by atoms with Gasteiger partial charge in [0.05, 0.1) is 0 Å². The summed E-state index contributed by atoms with van der Waals surface area (Å²) >= 11 is 0. The van der Waals surface area contributed by atoms with Crippen molar-refractivity contribution in [2.24, 2.45) is 5.73 Å². The molecule has 1 rings (SSSR count). The number of carboxylic acid groups (broad SMARTS) is 1. The van der Waals surface area contributed by atoms with E-state index in [9.17, 15) is 4.79 Å². The van der Waals surface area contributed by atoms with Crippen molar-refractivity contribution in [2.45, 2.75) is 19.4 Å². The second kappa shape index (κ2) is 4.40. The van der Waals surface area contributed by atoms with E-state index in [4.69, 9.17) is 21.3 Å². The normalized spacial score (nSPS) is 11.2. The van der Waals surface area contributed by atoms with Gasteiger partial charge in [0.2, 0.25) is 0 Å². The molecule has 0 aliphatic rings. The summed E-state index contributed by atoms with van der Waals surface area (Å²) < 4.78 is 5.36. The number of nitrogen functional groups attached to an aromatic ring is 1. The molecule has 0 fully saturated rings. The molecule has 16 heavy (non-hydrogen) atoms. The molecule has 0 unspecified atom stereocenters. The molecule has 0 radical (unpaired) electrons. The fraction of sp³-hybridized carbons (Fsp3) is 0.364. The average molecular weight is 224 g/mol. The topological polar surface area (TPSA) is 98.6 Å². The number of carboxylic acids is 1. The number of hydrogen-bond donors (Lipinski definition) is 3. The fourth-order valence-corrected chi connectivity index (χ4v) is 1.10. The summed E-state index contributed by atoms with van der Waals surface area (Å²) in [4.78, 5) is 10.9. The van der Waals surface area contributed by atoms with Crippen LogP contribution in [0.25, 0.3) is 0 Å². The van der Waals surface area contributed by atoms with Crippen LogP contribution in [0.2, 0.25) is 0 Å². The van der Waals surface area contributed by atoms with Crippen LogP contribution in [0.1, 0.15) is 24.2 Å². The zero-order valence-electron chi connectivity index (χ0n) is 9.36. The second-order valence-electron chi connectivity index (χ2n) is 4.34. The predicted octanol–water partition coefficient (Wildman–Crippen LogP) is 1.08. The van der Waals surface area contributed by atoms with E-state index in [-0.39, 0.29) is 17.9 Å². The molecular formula is C11H16N2O3. The van der Waals surface area contributed by atoms with E-state index in [1.807, 2.05) is 0 Å². The van der Waals surface area contributed by atoms with E-state index in [0.29, 0.717) is 5.69 Å². The van der Waals surface area contributed by atoms with Crippen molar-refractivity contribution in [3.8, 4) is 5.75 Å². The Morgan fingerprint density at radius 3 is 2.62 bits per heavy atom. The van der Waals surface area contributed by atoms with E-state index >= 15 is 0 Å². The summed E-state index contributed by atoms with van der Waals surface area (Å²) in [6.07, 6.45) is 0. The Morgan fingerprint density at radius 1 is 1.50 bits per heavy atom. The van der Waals surface area contributed by atoms with E-state index in [2.05, 4.69) is 0 Å². The van der Waals surface area contributed by atoms with Gasteiger partial charge in [-0.1, -0.05) is 0 Å². The summed E-state index contributed by atoms with van der Waals surface area (Å²) in [6, 6.07) is 4.48. The molecule has 0 bridgehead atoms. The molecule has 0 amide bonds. The first-order valence-corrected chi connectivity index (χ1v) is 4.84. The van der Waals surface area contributed by atoms with Gasteiger partial charge in [-0.2, -0.15) is 0 Å². The van der Waals surface area contributed by atoms with Crippen LogP contribution in [0.15, 0.2) is 18.2 Å². The first-order valence-electron chi connectivity index (χ1n) is 4.84. The van der Waals surface area contributed by atoms with Gasteiger partial charge < -0.3 is 21.3 Å². The zero-order valence-corrected chi connectivity index (χ0v) is 9.36. The number of ether oxygens (including phenoxy) is 1. The Balaban J connectivity index is 2.91. The van der Waals surface area contributed by atoms with Crippen molar-refractivity contribution < 1.29 is 14.6 Å². The quantitative estimate of drug-likeness (QED) is 0.665. The van der Waals surface area contributed by atoms with Crippen molar-refractivity contribution >= 4 is 11.7 Å². The van der Waals surface area contributed by atoms with Gasteiger partial charge in [-0.15, -0.1) is 0 Å². The van der Waals surface area contributed by atoms with E-state index < -0.39 is 11.5 Å². The van der Waals surface area contributed by atoms with E-state index in [1.165, 1.54) is 12.1 Å². The smallest absolute Gasteiger partial charge is 0.339 e. The molecule has 0 aromatic heterocycles. The number of aromatic carboxylic acids is 1. The van der Waals surface area contributed by atoms with Crippen molar-refractivity contribution in [3.05, 3.63) is 23.8 Å². The summed E-state index contributed by atoms with van der Waals surface area (Å²) in [5.41, 5.74) is 11.2. The largest absolute Gasteiger partial charge is 0.491 e. The van der Waals surface area contributed by atoms with Crippen LogP contribution in [-0.4, -0.2) is 23.2 Å². The molecule has 0 aliphatic carbocycles. The third-order valence-electron chi connectivity index (χ3n) is 1.83. The van der Waals surface area contributed by atoms with Gasteiger partial charge in [0.15, 0.2) is 0 Å². The van der Waals surface area contributed by atoms with Gasteiger partial charge in [0.1, 0.15) is 17.9 Å². The lowest BCUT2D eigenvalue weighted by atomic mass is 10.1. The molecule has 1 aromatic rings. The molecule has 0 heterocycles. The number of rotatable bonds is 4. The van der Waals surface area contributed by atoms with Gasteiger partial charge >= 0.3 is 5.97 Å². The van der Waals surface area contributed by atoms with Crippen molar-refractivity contribution in [3.63, 3.8) is 0 Å². The first-order chi connectivity index (χ1) is 7.29. The predicted molar refractivity (Wildman–Crippen MR) is 61.6 cm³/mol. The molecule has 5 nitrogen and oxygen atoms in total. The highest BCUT2D eigenvalue weighted by molar-refractivity contribution is 5.92. The van der Waals surface area contributed by atoms with Crippen LogP contribution < -0.4 is 16.2 Å². The van der Waals surface area contributed by atoms with Crippen LogP contribution in [0.3, 0.4) is 0 Å². The average Bonchev–Trinajstić information content (AvgIpc) is 2.14. The minimum atomic E-state index is -1.07. The Hall–Kier alpha value is -1.75. The number of hydrogen-bond acceptors (Lipinski definition) is 4. The first kappa shape index (κ1) is 12.3. The Bertz CT molecular complexity index is 397. The van der Waals surface area contributed by atoms with Gasteiger partial charge in [-0.25, -0.2) is 4.79 Å². The number of carbonyl (C=O) groups is 1. The van der Waals surface area contributed by atoms with E-state index in [1.54, 1.807) is 19.9 Å². The van der Waals surface area contributed by atoms with Crippen molar-refractivity contribution in [1.82, 2.24) is 0 Å². The molecule has 0 atom stereocenters. The molecule has 0 saturated carbocycles. The highest BCUT2D eigenvalue weighted by Gasteiger charge is 2.16. The highest BCUT2D eigenvalue weighted by atomic mass is 16.5. The van der Waals surface area contributed by atoms with Crippen LogP contribution in [0.5, 0.6) is 5.75 Å². The van der Waals surface area contributed by atoms with Crippen molar-refractivity contribution in [1.29, 1.82) is 0 Å². The van der Waals surface area contributed by atoms with Gasteiger partial charge in [0.25, 0.3) is 0 Å². The fourth-order valence-electron chi connectivity index (χ4n) is 1.10. The van der Waals surface area contributed by atoms with Gasteiger partial charge in [-0.05, 0) is 32.0 Å². The minimum Gasteiger partial charge on any atom is -0.491 e. The van der Waals surface area contributed by atoms with Gasteiger partial charge in [-0.3, -0.25) is 0 Å². The number of benzene rings is 1. The third kappa shape index (κ3) is 3.43. The van der Waals surface area contributed by atoms with Gasteiger partial charge in [0, 0.05) is 11.2 Å².